The Morgan fingerprint density at radius 3 is 2.55 bits per heavy atom. The number of allylic oxidation sites excluding steroid dienone is 1. The van der Waals surface area contributed by atoms with Crippen LogP contribution in [0.5, 0.6) is 0 Å². The third kappa shape index (κ3) is 3.06. The van der Waals surface area contributed by atoms with Crippen LogP contribution in [0.2, 0.25) is 0 Å². The third-order valence-electron chi connectivity index (χ3n) is 3.55. The van der Waals surface area contributed by atoms with Gasteiger partial charge in [-0.15, -0.1) is 0 Å². The molecule has 1 heterocycles. The minimum atomic E-state index is 0.169. The lowest BCUT2D eigenvalue weighted by Crippen LogP contribution is -2.29. The zero-order valence-electron chi connectivity index (χ0n) is 11.5. The number of benzene rings is 1. The van der Waals surface area contributed by atoms with Gasteiger partial charge in [-0.2, -0.15) is 5.26 Å². The molecule has 1 aromatic carbocycles. The van der Waals surface area contributed by atoms with Crippen LogP contribution in [0.1, 0.15) is 18.9 Å². The lowest BCUT2D eigenvalue weighted by Gasteiger charge is -2.29. The fraction of sp³-hybridized carbons (Fsp3) is 0.250. The van der Waals surface area contributed by atoms with Crippen molar-refractivity contribution in [1.82, 2.24) is 4.90 Å². The van der Waals surface area contributed by atoms with Gasteiger partial charge in [0.2, 0.25) is 0 Å². The topological polar surface area (TPSA) is 53.1 Å². The summed E-state index contributed by atoms with van der Waals surface area (Å²) in [6.45, 7) is 3.56. The van der Waals surface area contributed by atoms with E-state index in [1.165, 1.54) is 11.1 Å². The monoisotopic (exact) mass is 283 g/mol. The number of nitrogens with zero attached hydrogens (tertiary/aromatic N) is 2. The quantitative estimate of drug-likeness (QED) is 0.526. The Morgan fingerprint density at radius 1 is 1.35 bits per heavy atom. The van der Waals surface area contributed by atoms with Crippen molar-refractivity contribution in [3.05, 3.63) is 53.2 Å². The minimum absolute atomic E-state index is 0.169. The summed E-state index contributed by atoms with van der Waals surface area (Å²) in [5.41, 5.74) is 9.48. The van der Waals surface area contributed by atoms with Crippen LogP contribution in [0.15, 0.2) is 47.7 Å². The summed E-state index contributed by atoms with van der Waals surface area (Å²) in [6, 6.07) is 12.5. The molecular weight excluding hydrogens is 266 g/mol. The van der Waals surface area contributed by atoms with Crippen LogP contribution in [0.25, 0.3) is 5.57 Å². The summed E-state index contributed by atoms with van der Waals surface area (Å²) in [6.07, 6.45) is 3.16. The molecular formula is C16H17N3S. The average molecular weight is 283 g/mol. The van der Waals surface area contributed by atoms with Gasteiger partial charge in [-0.3, -0.25) is 0 Å². The van der Waals surface area contributed by atoms with Crippen LogP contribution < -0.4 is 5.73 Å². The summed E-state index contributed by atoms with van der Waals surface area (Å²) >= 11 is 4.92. The molecule has 1 aliphatic heterocycles. The van der Waals surface area contributed by atoms with Crippen LogP contribution in [0.4, 0.5) is 0 Å². The molecule has 20 heavy (non-hydrogen) atoms. The predicted molar refractivity (Wildman–Crippen MR) is 85.7 cm³/mol. The van der Waals surface area contributed by atoms with Crippen LogP contribution in [0, 0.1) is 11.3 Å². The SMILES string of the molecule is CC(=C(C#N)C(N)=S)N1CC=C(c2ccccc2)CC1. The smallest absolute Gasteiger partial charge is 0.116 e. The standard InChI is InChI=1S/C16H17N3S/c1-12(15(11-17)16(18)20)19-9-7-14(8-10-19)13-5-3-2-4-6-13/h2-7H,8-10H2,1H3,(H2,18,20). The first-order valence-electron chi connectivity index (χ1n) is 6.53. The Hall–Kier alpha value is -2.12. The molecule has 0 saturated carbocycles. The van der Waals surface area contributed by atoms with Gasteiger partial charge in [0.25, 0.3) is 0 Å². The van der Waals surface area contributed by atoms with E-state index in [2.05, 4.69) is 29.2 Å². The average Bonchev–Trinajstić information content (AvgIpc) is 2.48. The second kappa shape index (κ2) is 6.36. The third-order valence-corrected chi connectivity index (χ3v) is 3.75. The summed E-state index contributed by atoms with van der Waals surface area (Å²) in [4.78, 5) is 2.31. The maximum Gasteiger partial charge on any atom is 0.116 e. The van der Waals surface area contributed by atoms with Crippen LogP contribution in [-0.4, -0.2) is 23.0 Å². The van der Waals surface area contributed by atoms with Gasteiger partial charge in [0.1, 0.15) is 16.6 Å². The van der Waals surface area contributed by atoms with E-state index in [4.69, 9.17) is 23.2 Å². The molecule has 2 rings (SSSR count). The van der Waals surface area contributed by atoms with Gasteiger partial charge in [0.05, 0.1) is 0 Å². The second-order valence-corrected chi connectivity index (χ2v) is 5.17. The molecule has 0 radical (unpaired) electrons. The summed E-state index contributed by atoms with van der Waals surface area (Å²) < 4.78 is 0. The molecule has 4 heteroatoms. The van der Waals surface area contributed by atoms with Crippen molar-refractivity contribution < 1.29 is 0 Å². The van der Waals surface area contributed by atoms with Gasteiger partial charge in [-0.25, -0.2) is 0 Å². The van der Waals surface area contributed by atoms with Crippen LogP contribution >= 0.6 is 12.2 Å². The predicted octanol–water partition coefficient (Wildman–Crippen LogP) is 2.86. The Kier molecular flexibility index (Phi) is 4.54. The van der Waals surface area contributed by atoms with Crippen molar-refractivity contribution in [3.8, 4) is 6.07 Å². The molecule has 0 aliphatic carbocycles. The van der Waals surface area contributed by atoms with Gasteiger partial charge in [0, 0.05) is 18.8 Å². The Morgan fingerprint density at radius 2 is 2.05 bits per heavy atom. The van der Waals surface area contributed by atoms with Crippen molar-refractivity contribution in [2.45, 2.75) is 13.3 Å². The summed E-state index contributed by atoms with van der Waals surface area (Å²) in [5, 5.41) is 9.11. The Balaban J connectivity index is 2.17. The maximum absolute atomic E-state index is 9.11. The first-order valence-corrected chi connectivity index (χ1v) is 6.94. The molecule has 0 spiro atoms. The number of nitriles is 1. The first kappa shape index (κ1) is 14.3. The zero-order chi connectivity index (χ0) is 14.5. The zero-order valence-corrected chi connectivity index (χ0v) is 12.3. The van der Waals surface area contributed by atoms with Crippen molar-refractivity contribution in [3.63, 3.8) is 0 Å². The van der Waals surface area contributed by atoms with Crippen LogP contribution in [0.3, 0.4) is 0 Å². The highest BCUT2D eigenvalue weighted by Gasteiger charge is 2.16. The number of thiocarbonyl (C=S) groups is 1. The highest BCUT2D eigenvalue weighted by molar-refractivity contribution is 7.80. The lowest BCUT2D eigenvalue weighted by molar-refractivity contribution is 0.378. The molecule has 0 aromatic heterocycles. The molecule has 1 aromatic rings. The number of hydrogen-bond acceptors (Lipinski definition) is 3. The molecule has 1 aliphatic rings. The Bertz CT molecular complexity index is 608. The van der Waals surface area contributed by atoms with Gasteiger partial charge < -0.3 is 10.6 Å². The molecule has 102 valence electrons. The largest absolute Gasteiger partial charge is 0.389 e. The first-order chi connectivity index (χ1) is 9.63. The van der Waals surface area contributed by atoms with Crippen molar-refractivity contribution in [2.24, 2.45) is 5.73 Å². The van der Waals surface area contributed by atoms with Gasteiger partial charge in [-0.05, 0) is 24.5 Å². The van der Waals surface area contributed by atoms with Crippen molar-refractivity contribution in [1.29, 1.82) is 5.26 Å². The maximum atomic E-state index is 9.11. The lowest BCUT2D eigenvalue weighted by atomic mass is 9.99. The van der Waals surface area contributed by atoms with E-state index >= 15 is 0 Å². The van der Waals surface area contributed by atoms with E-state index in [1.54, 1.807) is 0 Å². The molecule has 0 atom stereocenters. The van der Waals surface area contributed by atoms with Crippen molar-refractivity contribution in [2.75, 3.05) is 13.1 Å². The Labute approximate surface area is 125 Å². The van der Waals surface area contributed by atoms with E-state index in [1.807, 2.05) is 25.1 Å². The fourth-order valence-electron chi connectivity index (χ4n) is 2.36. The van der Waals surface area contributed by atoms with Gasteiger partial charge in [0.15, 0.2) is 0 Å². The van der Waals surface area contributed by atoms with Gasteiger partial charge in [-0.1, -0.05) is 48.6 Å². The molecule has 0 bridgehead atoms. The molecule has 3 nitrogen and oxygen atoms in total. The second-order valence-electron chi connectivity index (χ2n) is 4.73. The van der Waals surface area contributed by atoms with E-state index in [0.717, 1.165) is 25.2 Å². The van der Waals surface area contributed by atoms with Gasteiger partial charge >= 0.3 is 0 Å². The van der Waals surface area contributed by atoms with E-state index in [-0.39, 0.29) is 4.99 Å². The fourth-order valence-corrected chi connectivity index (χ4v) is 2.55. The normalized spacial score (nSPS) is 16.0. The van der Waals surface area contributed by atoms with Crippen molar-refractivity contribution >= 4 is 22.8 Å². The molecule has 0 amide bonds. The van der Waals surface area contributed by atoms with Crippen LogP contribution in [-0.2, 0) is 0 Å². The number of nitrogens with two attached hydrogens (primary N) is 1. The van der Waals surface area contributed by atoms with E-state index < -0.39 is 0 Å². The van der Waals surface area contributed by atoms with E-state index in [0.29, 0.717) is 5.57 Å². The summed E-state index contributed by atoms with van der Waals surface area (Å²) in [5.74, 6) is 0. The number of rotatable bonds is 3. The molecule has 2 N–H and O–H groups in total. The minimum Gasteiger partial charge on any atom is -0.389 e. The summed E-state index contributed by atoms with van der Waals surface area (Å²) in [7, 11) is 0. The highest BCUT2D eigenvalue weighted by Crippen LogP contribution is 2.24. The molecule has 0 saturated heterocycles. The molecule has 0 fully saturated rings. The number of hydrogen-bond donors (Lipinski definition) is 1. The highest BCUT2D eigenvalue weighted by atomic mass is 32.1. The molecule has 0 unspecified atom stereocenters. The van der Waals surface area contributed by atoms with E-state index in [9.17, 15) is 0 Å².